The summed E-state index contributed by atoms with van der Waals surface area (Å²) in [5.74, 6) is 0. The Morgan fingerprint density at radius 2 is 1.84 bits per heavy atom. The molecule has 0 radical (unpaired) electrons. The molecule has 0 aromatic heterocycles. The minimum absolute atomic E-state index is 0.0134. The summed E-state index contributed by atoms with van der Waals surface area (Å²) in [5.41, 5.74) is 5.93. The van der Waals surface area contributed by atoms with Crippen molar-refractivity contribution in [2.24, 2.45) is 0 Å². The van der Waals surface area contributed by atoms with Gasteiger partial charge in [-0.25, -0.2) is 4.79 Å². The second-order valence-corrected chi connectivity index (χ2v) is 11.2. The average Bonchev–Trinajstić information content (AvgIpc) is 3.49. The van der Waals surface area contributed by atoms with Crippen molar-refractivity contribution in [3.8, 4) is 11.1 Å². The van der Waals surface area contributed by atoms with Crippen LogP contribution < -0.4 is 5.32 Å². The molecule has 0 bridgehead atoms. The van der Waals surface area contributed by atoms with Gasteiger partial charge in [0.1, 0.15) is 6.61 Å². The van der Waals surface area contributed by atoms with Crippen molar-refractivity contribution in [2.75, 3.05) is 33.4 Å². The monoisotopic (exact) mass is 586 g/mol. The molecule has 1 amide bonds. The van der Waals surface area contributed by atoms with Crippen LogP contribution in [0.2, 0.25) is 0 Å². The molecule has 3 aromatic rings. The number of ether oxygens (including phenoxy) is 4. The van der Waals surface area contributed by atoms with Gasteiger partial charge >= 0.3 is 6.09 Å². The van der Waals surface area contributed by atoms with Crippen LogP contribution in [0, 0.1) is 0 Å². The third-order valence-electron chi connectivity index (χ3n) is 8.10. The molecule has 0 spiro atoms. The average molecular weight is 587 g/mol. The summed E-state index contributed by atoms with van der Waals surface area (Å²) in [6.07, 6.45) is 3.42. The molecule has 8 nitrogen and oxygen atoms in total. The van der Waals surface area contributed by atoms with E-state index in [0.29, 0.717) is 12.6 Å². The summed E-state index contributed by atoms with van der Waals surface area (Å²) < 4.78 is 23.8. The van der Waals surface area contributed by atoms with Gasteiger partial charge in [0.15, 0.2) is 6.29 Å². The molecule has 2 fully saturated rings. The van der Waals surface area contributed by atoms with Crippen molar-refractivity contribution in [3.05, 3.63) is 108 Å². The lowest BCUT2D eigenvalue weighted by atomic mass is 9.98. The van der Waals surface area contributed by atoms with Crippen LogP contribution in [-0.4, -0.2) is 61.7 Å². The minimum atomic E-state index is -0.533. The normalized spacial score (nSPS) is 22.3. The predicted molar refractivity (Wildman–Crippen MR) is 165 cm³/mol. The number of hydrogen-bond donors (Lipinski definition) is 2. The standard InChI is InChI=1S/C35H42N2O6/c1-3-17-41-35(39)36-21-26-7-4-8-28(18-26)29-9-5-10-30(19-29)34-42-32(22-37-16-6-11-31(37)24-40-2)20-33(43-34)27-14-12-25(23-38)13-15-27/h3-5,7-10,12-15,18-19,31-34,38H,1,6,11,16-17,20-24H2,2H3,(H,36,39). The molecule has 4 atom stereocenters. The Kier molecular flexibility index (Phi) is 11.0. The van der Waals surface area contributed by atoms with Crippen molar-refractivity contribution in [1.29, 1.82) is 0 Å². The third-order valence-corrected chi connectivity index (χ3v) is 8.10. The lowest BCUT2D eigenvalue weighted by molar-refractivity contribution is -0.253. The predicted octanol–water partition coefficient (Wildman–Crippen LogP) is 5.91. The summed E-state index contributed by atoms with van der Waals surface area (Å²) in [7, 11) is 1.76. The van der Waals surface area contributed by atoms with Crippen LogP contribution in [0.3, 0.4) is 0 Å². The highest BCUT2D eigenvalue weighted by molar-refractivity contribution is 5.68. The Bertz CT molecular complexity index is 1350. The molecule has 2 heterocycles. The van der Waals surface area contributed by atoms with E-state index in [1.807, 2.05) is 48.5 Å². The molecule has 2 aliphatic rings. The zero-order valence-electron chi connectivity index (χ0n) is 24.8. The number of benzene rings is 3. The van der Waals surface area contributed by atoms with Gasteiger partial charge in [-0.3, -0.25) is 4.90 Å². The van der Waals surface area contributed by atoms with Gasteiger partial charge < -0.3 is 29.4 Å². The number of rotatable bonds is 12. The van der Waals surface area contributed by atoms with Gasteiger partial charge in [0, 0.05) is 38.2 Å². The van der Waals surface area contributed by atoms with Gasteiger partial charge in [-0.05, 0) is 59.3 Å². The minimum Gasteiger partial charge on any atom is -0.445 e. The molecule has 3 aromatic carbocycles. The number of aliphatic hydroxyl groups excluding tert-OH is 1. The number of nitrogens with zero attached hydrogens (tertiary/aromatic N) is 1. The largest absolute Gasteiger partial charge is 0.445 e. The summed E-state index contributed by atoms with van der Waals surface area (Å²) >= 11 is 0. The number of hydrogen-bond acceptors (Lipinski definition) is 7. The van der Waals surface area contributed by atoms with Crippen molar-refractivity contribution in [3.63, 3.8) is 0 Å². The second kappa shape index (κ2) is 15.3. The first kappa shape index (κ1) is 30.9. The van der Waals surface area contributed by atoms with Gasteiger partial charge in [-0.1, -0.05) is 73.3 Å². The van der Waals surface area contributed by atoms with Crippen molar-refractivity contribution < 1.29 is 28.8 Å². The Morgan fingerprint density at radius 3 is 2.60 bits per heavy atom. The maximum Gasteiger partial charge on any atom is 0.407 e. The first-order valence-corrected chi connectivity index (χ1v) is 15.0. The fourth-order valence-electron chi connectivity index (χ4n) is 5.90. The van der Waals surface area contributed by atoms with E-state index < -0.39 is 12.4 Å². The fourth-order valence-corrected chi connectivity index (χ4v) is 5.90. The number of amides is 1. The molecule has 43 heavy (non-hydrogen) atoms. The van der Waals surface area contributed by atoms with Gasteiger partial charge in [0.25, 0.3) is 0 Å². The lowest BCUT2D eigenvalue weighted by Crippen LogP contribution is -2.42. The number of carbonyl (C=O) groups is 1. The summed E-state index contributed by atoms with van der Waals surface area (Å²) in [6.45, 7) is 6.70. The maximum absolute atomic E-state index is 11.9. The zero-order chi connectivity index (χ0) is 30.0. The molecular weight excluding hydrogens is 544 g/mol. The number of aliphatic hydroxyl groups is 1. The van der Waals surface area contributed by atoms with Crippen LogP contribution in [0.4, 0.5) is 4.79 Å². The Labute approximate surface area is 254 Å². The van der Waals surface area contributed by atoms with Crippen molar-refractivity contribution in [2.45, 2.75) is 57.0 Å². The number of nitrogens with one attached hydrogen (secondary N) is 1. The van der Waals surface area contributed by atoms with E-state index in [2.05, 4.69) is 41.1 Å². The fraction of sp³-hybridized carbons (Fsp3) is 0.400. The molecule has 2 saturated heterocycles. The molecule has 228 valence electrons. The van der Waals surface area contributed by atoms with E-state index in [4.69, 9.17) is 18.9 Å². The van der Waals surface area contributed by atoms with Gasteiger partial charge in [-0.15, -0.1) is 0 Å². The smallest absolute Gasteiger partial charge is 0.407 e. The number of methoxy groups -OCH3 is 1. The highest BCUT2D eigenvalue weighted by Gasteiger charge is 2.35. The molecule has 0 saturated carbocycles. The highest BCUT2D eigenvalue weighted by atomic mass is 16.7. The molecule has 5 rings (SSSR count). The number of carbonyl (C=O) groups excluding carboxylic acids is 1. The van der Waals surface area contributed by atoms with Gasteiger partial charge in [0.2, 0.25) is 0 Å². The molecule has 8 heteroatoms. The number of likely N-dealkylation sites (tertiary alicyclic amines) is 1. The van der Waals surface area contributed by atoms with Gasteiger partial charge in [0.05, 0.1) is 25.4 Å². The lowest BCUT2D eigenvalue weighted by Gasteiger charge is -2.39. The molecule has 4 unspecified atom stereocenters. The zero-order valence-corrected chi connectivity index (χ0v) is 24.8. The van der Waals surface area contributed by atoms with E-state index >= 15 is 0 Å². The highest BCUT2D eigenvalue weighted by Crippen LogP contribution is 2.39. The Balaban J connectivity index is 1.35. The first-order chi connectivity index (χ1) is 21.1. The van der Waals surface area contributed by atoms with Crippen LogP contribution in [-0.2, 0) is 32.1 Å². The Hall–Kier alpha value is -3.53. The third kappa shape index (κ3) is 8.31. The summed E-state index contributed by atoms with van der Waals surface area (Å²) in [5, 5.41) is 12.3. The summed E-state index contributed by atoms with van der Waals surface area (Å²) in [6, 6.07) is 24.7. The first-order valence-electron chi connectivity index (χ1n) is 15.0. The van der Waals surface area contributed by atoms with Crippen LogP contribution in [0.5, 0.6) is 0 Å². The van der Waals surface area contributed by atoms with Crippen LogP contribution in [0.25, 0.3) is 11.1 Å². The van der Waals surface area contributed by atoms with E-state index in [9.17, 15) is 9.90 Å². The van der Waals surface area contributed by atoms with Crippen LogP contribution >= 0.6 is 0 Å². The molecule has 0 aliphatic carbocycles. The van der Waals surface area contributed by atoms with E-state index in [0.717, 1.165) is 65.9 Å². The topological polar surface area (TPSA) is 89.5 Å². The van der Waals surface area contributed by atoms with Crippen LogP contribution in [0.1, 0.15) is 53.9 Å². The van der Waals surface area contributed by atoms with E-state index in [-0.39, 0.29) is 25.4 Å². The summed E-state index contributed by atoms with van der Waals surface area (Å²) in [4.78, 5) is 14.4. The van der Waals surface area contributed by atoms with E-state index in [1.54, 1.807) is 7.11 Å². The SMILES string of the molecule is C=CCOC(=O)NCc1cccc(-c2cccc(C3OC(CN4CCCC4COC)CC(c4ccc(CO)cc4)O3)c2)c1. The number of alkyl carbamates (subject to hydrolysis) is 1. The van der Waals surface area contributed by atoms with Crippen LogP contribution in [0.15, 0.2) is 85.5 Å². The second-order valence-electron chi connectivity index (χ2n) is 11.2. The molecular formula is C35H42N2O6. The molecule has 2 N–H and O–H groups in total. The van der Waals surface area contributed by atoms with Crippen molar-refractivity contribution >= 4 is 6.09 Å². The van der Waals surface area contributed by atoms with Gasteiger partial charge in [-0.2, -0.15) is 0 Å². The maximum atomic E-state index is 11.9. The quantitative estimate of drug-likeness (QED) is 0.255. The molecule has 2 aliphatic heterocycles. The van der Waals surface area contributed by atoms with Crippen molar-refractivity contribution in [1.82, 2.24) is 10.2 Å². The Morgan fingerprint density at radius 1 is 1.05 bits per heavy atom. The van der Waals surface area contributed by atoms with E-state index in [1.165, 1.54) is 12.5 Å².